The molecule has 2 atom stereocenters. The molecule has 1 aromatic heterocycles. The Labute approximate surface area is 113 Å². The molecule has 0 radical (unpaired) electrons. The molecule has 2 unspecified atom stereocenters. The fourth-order valence-electron chi connectivity index (χ4n) is 2.72. The van der Waals surface area contributed by atoms with E-state index in [-0.39, 0.29) is 6.61 Å². The van der Waals surface area contributed by atoms with Gasteiger partial charge >= 0.3 is 0 Å². The minimum Gasteiger partial charge on any atom is -0.396 e. The average molecular weight is 260 g/mol. The Morgan fingerprint density at radius 1 is 1.37 bits per heavy atom. The number of aromatic nitrogens is 2. The zero-order chi connectivity index (χ0) is 13.7. The molecule has 1 heterocycles. The highest BCUT2D eigenvalue weighted by atomic mass is 16.3. The van der Waals surface area contributed by atoms with Gasteiger partial charge in [-0.25, -0.2) is 9.97 Å². The van der Waals surface area contributed by atoms with Crippen LogP contribution in [0.5, 0.6) is 0 Å². The van der Waals surface area contributed by atoms with Gasteiger partial charge in [-0.15, -0.1) is 0 Å². The highest BCUT2D eigenvalue weighted by Crippen LogP contribution is 2.29. The number of rotatable bonds is 4. The van der Waals surface area contributed by atoms with Crippen molar-refractivity contribution in [1.82, 2.24) is 9.97 Å². The zero-order valence-corrected chi connectivity index (χ0v) is 11.3. The van der Waals surface area contributed by atoms with Crippen molar-refractivity contribution in [3.05, 3.63) is 17.5 Å². The second-order valence-electron chi connectivity index (χ2n) is 5.20. The normalized spacial score (nSPS) is 22.8. The molecule has 19 heavy (non-hydrogen) atoms. The third-order valence-electron chi connectivity index (χ3n) is 3.79. The van der Waals surface area contributed by atoms with Crippen LogP contribution in [0.25, 0.3) is 0 Å². The molecule has 1 saturated carbocycles. The van der Waals surface area contributed by atoms with Crippen LogP contribution in [0.1, 0.15) is 37.1 Å². The van der Waals surface area contributed by atoms with E-state index in [1.165, 1.54) is 12.8 Å². The van der Waals surface area contributed by atoms with Gasteiger partial charge < -0.3 is 10.4 Å². The van der Waals surface area contributed by atoms with Crippen LogP contribution in [-0.4, -0.2) is 28.2 Å². The van der Waals surface area contributed by atoms with Crippen LogP contribution in [0.3, 0.4) is 0 Å². The van der Waals surface area contributed by atoms with E-state index in [4.69, 9.17) is 5.26 Å². The third kappa shape index (κ3) is 3.65. The van der Waals surface area contributed by atoms with E-state index in [2.05, 4.69) is 15.3 Å². The number of nitrogens with zero attached hydrogens (tertiary/aromatic N) is 3. The molecule has 0 saturated heterocycles. The number of hydrogen-bond acceptors (Lipinski definition) is 5. The summed E-state index contributed by atoms with van der Waals surface area (Å²) in [6, 6.07) is 3.70. The van der Waals surface area contributed by atoms with E-state index in [1.807, 2.05) is 13.0 Å². The first kappa shape index (κ1) is 13.8. The van der Waals surface area contributed by atoms with Crippen molar-refractivity contribution in [3.8, 4) is 6.07 Å². The molecule has 0 spiro atoms. The first-order valence-electron chi connectivity index (χ1n) is 6.83. The second-order valence-corrected chi connectivity index (χ2v) is 5.20. The summed E-state index contributed by atoms with van der Waals surface area (Å²) < 4.78 is 0. The van der Waals surface area contributed by atoms with Crippen molar-refractivity contribution in [2.75, 3.05) is 18.5 Å². The van der Waals surface area contributed by atoms with Crippen LogP contribution in [0.4, 0.5) is 5.95 Å². The van der Waals surface area contributed by atoms with E-state index >= 15 is 0 Å². The summed E-state index contributed by atoms with van der Waals surface area (Å²) in [4.78, 5) is 8.42. The molecule has 0 bridgehead atoms. The average Bonchev–Trinajstić information content (AvgIpc) is 2.44. The van der Waals surface area contributed by atoms with Crippen molar-refractivity contribution >= 4 is 5.95 Å². The lowest BCUT2D eigenvalue weighted by Gasteiger charge is -2.30. The Kier molecular flexibility index (Phi) is 4.69. The maximum Gasteiger partial charge on any atom is 0.224 e. The molecule has 102 valence electrons. The van der Waals surface area contributed by atoms with E-state index in [0.29, 0.717) is 23.5 Å². The SMILES string of the molecule is Cc1cc(C#N)nc(NCC2CCCCC2CO)n1. The van der Waals surface area contributed by atoms with E-state index < -0.39 is 0 Å². The van der Waals surface area contributed by atoms with Crippen LogP contribution >= 0.6 is 0 Å². The molecule has 0 aliphatic heterocycles. The lowest BCUT2D eigenvalue weighted by molar-refractivity contribution is 0.141. The Morgan fingerprint density at radius 2 is 2.11 bits per heavy atom. The summed E-state index contributed by atoms with van der Waals surface area (Å²) in [6.07, 6.45) is 4.67. The number of aryl methyl sites for hydroxylation is 1. The summed E-state index contributed by atoms with van der Waals surface area (Å²) in [5.41, 5.74) is 1.17. The van der Waals surface area contributed by atoms with Gasteiger partial charge in [0.15, 0.2) is 0 Å². The molecule has 1 aliphatic rings. The number of aliphatic hydroxyl groups is 1. The van der Waals surface area contributed by atoms with Gasteiger partial charge in [0, 0.05) is 18.8 Å². The number of nitriles is 1. The van der Waals surface area contributed by atoms with E-state index in [9.17, 15) is 5.11 Å². The van der Waals surface area contributed by atoms with Crippen molar-refractivity contribution in [2.24, 2.45) is 11.8 Å². The fraction of sp³-hybridized carbons (Fsp3) is 0.643. The van der Waals surface area contributed by atoms with Crippen LogP contribution in [0.2, 0.25) is 0 Å². The van der Waals surface area contributed by atoms with Crippen molar-refractivity contribution in [2.45, 2.75) is 32.6 Å². The van der Waals surface area contributed by atoms with Crippen LogP contribution in [0, 0.1) is 30.1 Å². The standard InChI is InChI=1S/C14H20N4O/c1-10-6-13(7-15)18-14(17-10)16-8-11-4-2-3-5-12(11)9-19/h6,11-12,19H,2-5,8-9H2,1H3,(H,16,17,18). The Hall–Kier alpha value is -1.67. The van der Waals surface area contributed by atoms with Gasteiger partial charge in [0.25, 0.3) is 0 Å². The van der Waals surface area contributed by atoms with Crippen molar-refractivity contribution in [3.63, 3.8) is 0 Å². The first-order chi connectivity index (χ1) is 9.22. The molecular formula is C14H20N4O. The molecule has 1 aromatic rings. The predicted octanol–water partition coefficient (Wildman–Crippen LogP) is 1.87. The third-order valence-corrected chi connectivity index (χ3v) is 3.79. The maximum atomic E-state index is 9.38. The Morgan fingerprint density at radius 3 is 2.79 bits per heavy atom. The predicted molar refractivity (Wildman–Crippen MR) is 72.5 cm³/mol. The van der Waals surface area contributed by atoms with Gasteiger partial charge in [-0.2, -0.15) is 5.26 Å². The van der Waals surface area contributed by atoms with Gasteiger partial charge in [-0.1, -0.05) is 12.8 Å². The zero-order valence-electron chi connectivity index (χ0n) is 11.3. The molecule has 2 N–H and O–H groups in total. The summed E-state index contributed by atoms with van der Waals surface area (Å²) in [5, 5.41) is 21.5. The van der Waals surface area contributed by atoms with Gasteiger partial charge in [0.2, 0.25) is 5.95 Å². The minimum absolute atomic E-state index is 0.254. The summed E-state index contributed by atoms with van der Waals surface area (Å²) in [7, 11) is 0. The number of nitrogens with one attached hydrogen (secondary N) is 1. The quantitative estimate of drug-likeness (QED) is 0.863. The summed E-state index contributed by atoms with van der Waals surface area (Å²) in [5.74, 6) is 1.36. The molecule has 2 rings (SSSR count). The first-order valence-corrected chi connectivity index (χ1v) is 6.83. The highest BCUT2D eigenvalue weighted by molar-refractivity contribution is 5.32. The molecule has 5 heteroatoms. The van der Waals surface area contributed by atoms with E-state index in [1.54, 1.807) is 6.07 Å². The largest absolute Gasteiger partial charge is 0.396 e. The van der Waals surface area contributed by atoms with Crippen LogP contribution in [0.15, 0.2) is 6.07 Å². The molecule has 1 fully saturated rings. The number of anilines is 1. The van der Waals surface area contributed by atoms with Gasteiger partial charge in [0.05, 0.1) is 0 Å². The summed E-state index contributed by atoms with van der Waals surface area (Å²) >= 11 is 0. The molecule has 0 amide bonds. The van der Waals surface area contributed by atoms with Crippen molar-refractivity contribution in [1.29, 1.82) is 5.26 Å². The smallest absolute Gasteiger partial charge is 0.224 e. The Balaban J connectivity index is 1.98. The highest BCUT2D eigenvalue weighted by Gasteiger charge is 2.24. The maximum absolute atomic E-state index is 9.38. The van der Waals surface area contributed by atoms with Crippen LogP contribution < -0.4 is 5.32 Å². The second kappa shape index (κ2) is 6.48. The number of hydrogen-bond donors (Lipinski definition) is 2. The minimum atomic E-state index is 0.254. The fourth-order valence-corrected chi connectivity index (χ4v) is 2.72. The lowest BCUT2D eigenvalue weighted by atomic mass is 9.80. The van der Waals surface area contributed by atoms with Gasteiger partial charge in [-0.3, -0.25) is 0 Å². The van der Waals surface area contributed by atoms with Gasteiger partial charge in [0.1, 0.15) is 11.8 Å². The van der Waals surface area contributed by atoms with Crippen LogP contribution in [-0.2, 0) is 0 Å². The molecular weight excluding hydrogens is 240 g/mol. The topological polar surface area (TPSA) is 81.8 Å². The molecule has 0 aromatic carbocycles. The molecule has 1 aliphatic carbocycles. The summed E-state index contributed by atoms with van der Waals surface area (Å²) in [6.45, 7) is 2.87. The van der Waals surface area contributed by atoms with Crippen molar-refractivity contribution < 1.29 is 5.11 Å². The number of aliphatic hydroxyl groups excluding tert-OH is 1. The molecule has 5 nitrogen and oxygen atoms in total. The Bertz CT molecular complexity index is 469. The van der Waals surface area contributed by atoms with E-state index in [0.717, 1.165) is 25.1 Å². The monoisotopic (exact) mass is 260 g/mol. The lowest BCUT2D eigenvalue weighted by Crippen LogP contribution is -2.29. The van der Waals surface area contributed by atoms with Gasteiger partial charge in [-0.05, 0) is 37.7 Å².